The number of aromatic nitrogens is 2. The standard InChI is InChI=1S/C16H15N3O2S2/c20-15(13-6-7-22-11-13)10-19(9-12-4-2-1-3-5-12)16(21)14-8-17-23-18-14/h1-8,11,15,20H,9-10H2/t15-/m1/s1. The molecule has 5 nitrogen and oxygen atoms in total. The van der Waals surface area contributed by atoms with Gasteiger partial charge in [-0.3, -0.25) is 4.79 Å². The molecule has 3 rings (SSSR count). The molecule has 1 amide bonds. The molecular formula is C16H15N3O2S2. The number of nitrogens with zero attached hydrogens (tertiary/aromatic N) is 3. The first kappa shape index (κ1) is 15.8. The van der Waals surface area contributed by atoms with Crippen molar-refractivity contribution in [2.75, 3.05) is 6.54 Å². The van der Waals surface area contributed by atoms with Crippen molar-refractivity contribution in [1.82, 2.24) is 13.6 Å². The monoisotopic (exact) mass is 345 g/mol. The molecule has 0 radical (unpaired) electrons. The Morgan fingerprint density at radius 1 is 1.26 bits per heavy atom. The molecule has 1 atom stereocenters. The molecule has 118 valence electrons. The number of hydrogen-bond acceptors (Lipinski definition) is 6. The molecule has 1 N–H and O–H groups in total. The van der Waals surface area contributed by atoms with Crippen molar-refractivity contribution in [1.29, 1.82) is 0 Å². The predicted molar refractivity (Wildman–Crippen MR) is 90.4 cm³/mol. The Hall–Kier alpha value is -2.09. The van der Waals surface area contributed by atoms with E-state index in [4.69, 9.17) is 0 Å². The maximum Gasteiger partial charge on any atom is 0.275 e. The van der Waals surface area contributed by atoms with Crippen molar-refractivity contribution >= 4 is 29.0 Å². The summed E-state index contributed by atoms with van der Waals surface area (Å²) in [6.07, 6.45) is 0.739. The van der Waals surface area contributed by atoms with Gasteiger partial charge in [0.25, 0.3) is 5.91 Å². The summed E-state index contributed by atoms with van der Waals surface area (Å²) in [5.41, 5.74) is 2.13. The zero-order chi connectivity index (χ0) is 16.1. The van der Waals surface area contributed by atoms with Crippen molar-refractivity contribution in [3.8, 4) is 0 Å². The van der Waals surface area contributed by atoms with Crippen LogP contribution in [0, 0.1) is 0 Å². The fourth-order valence-electron chi connectivity index (χ4n) is 2.22. The molecule has 0 aliphatic rings. The topological polar surface area (TPSA) is 66.3 Å². The van der Waals surface area contributed by atoms with E-state index in [-0.39, 0.29) is 12.5 Å². The highest BCUT2D eigenvalue weighted by Gasteiger charge is 2.22. The fourth-order valence-corrected chi connectivity index (χ4v) is 3.34. The Balaban J connectivity index is 1.79. The maximum absolute atomic E-state index is 12.6. The van der Waals surface area contributed by atoms with Crippen molar-refractivity contribution in [2.24, 2.45) is 0 Å². The zero-order valence-electron chi connectivity index (χ0n) is 12.2. The highest BCUT2D eigenvalue weighted by molar-refractivity contribution is 7.08. The number of benzene rings is 1. The normalized spacial score (nSPS) is 12.0. The lowest BCUT2D eigenvalue weighted by Gasteiger charge is -2.24. The summed E-state index contributed by atoms with van der Waals surface area (Å²) >= 11 is 2.52. The summed E-state index contributed by atoms with van der Waals surface area (Å²) in [7, 11) is 0. The molecule has 2 heterocycles. The van der Waals surface area contributed by atoms with E-state index in [9.17, 15) is 9.90 Å². The second kappa shape index (κ2) is 7.45. The van der Waals surface area contributed by atoms with E-state index >= 15 is 0 Å². The van der Waals surface area contributed by atoms with Gasteiger partial charge in [-0.1, -0.05) is 30.3 Å². The third-order valence-electron chi connectivity index (χ3n) is 3.41. The maximum atomic E-state index is 12.6. The van der Waals surface area contributed by atoms with Crippen molar-refractivity contribution < 1.29 is 9.90 Å². The third-order valence-corrected chi connectivity index (χ3v) is 4.58. The summed E-state index contributed by atoms with van der Waals surface area (Å²) in [5, 5.41) is 14.2. The van der Waals surface area contributed by atoms with Gasteiger partial charge in [0, 0.05) is 6.54 Å². The number of amides is 1. The van der Waals surface area contributed by atoms with Crippen molar-refractivity contribution in [2.45, 2.75) is 12.6 Å². The van der Waals surface area contributed by atoms with E-state index in [0.717, 1.165) is 22.9 Å². The van der Waals surface area contributed by atoms with E-state index in [1.807, 2.05) is 47.2 Å². The summed E-state index contributed by atoms with van der Waals surface area (Å²) in [6, 6.07) is 11.6. The average molecular weight is 345 g/mol. The lowest BCUT2D eigenvalue weighted by molar-refractivity contribution is 0.0600. The van der Waals surface area contributed by atoms with Gasteiger partial charge in [-0.2, -0.15) is 20.1 Å². The van der Waals surface area contributed by atoms with Crippen LogP contribution in [0.4, 0.5) is 0 Å². The number of aliphatic hydroxyl groups is 1. The summed E-state index contributed by atoms with van der Waals surface area (Å²) in [6.45, 7) is 0.625. The van der Waals surface area contributed by atoms with Crippen LogP contribution in [0.5, 0.6) is 0 Å². The smallest absolute Gasteiger partial charge is 0.275 e. The third kappa shape index (κ3) is 4.01. The van der Waals surface area contributed by atoms with Crippen LogP contribution in [0.15, 0.2) is 53.4 Å². The Bertz CT molecular complexity index is 730. The largest absolute Gasteiger partial charge is 0.387 e. The van der Waals surface area contributed by atoms with Gasteiger partial charge in [-0.25, -0.2) is 0 Å². The summed E-state index contributed by atoms with van der Waals surface area (Å²) < 4.78 is 7.89. The minimum atomic E-state index is -0.722. The first-order chi connectivity index (χ1) is 11.2. The number of thiophene rings is 1. The van der Waals surface area contributed by atoms with Gasteiger partial charge in [0.15, 0.2) is 5.69 Å². The fraction of sp³-hybridized carbons (Fsp3) is 0.188. The Kier molecular flexibility index (Phi) is 5.12. The molecule has 0 bridgehead atoms. The highest BCUT2D eigenvalue weighted by Crippen LogP contribution is 2.19. The van der Waals surface area contributed by atoms with Gasteiger partial charge in [-0.05, 0) is 28.0 Å². The molecule has 0 aliphatic carbocycles. The number of hydrogen-bond donors (Lipinski definition) is 1. The van der Waals surface area contributed by atoms with Crippen molar-refractivity contribution in [3.63, 3.8) is 0 Å². The first-order valence-electron chi connectivity index (χ1n) is 7.05. The van der Waals surface area contributed by atoms with Crippen molar-refractivity contribution in [3.05, 3.63) is 70.2 Å². The Morgan fingerprint density at radius 2 is 2.09 bits per heavy atom. The van der Waals surface area contributed by atoms with Crippen LogP contribution in [0.3, 0.4) is 0 Å². The lowest BCUT2D eigenvalue weighted by Crippen LogP contribution is -2.34. The molecule has 0 saturated carbocycles. The molecule has 23 heavy (non-hydrogen) atoms. The van der Waals surface area contributed by atoms with Gasteiger partial charge in [-0.15, -0.1) is 0 Å². The molecule has 0 aliphatic heterocycles. The van der Waals surface area contributed by atoms with Crippen LogP contribution < -0.4 is 0 Å². The minimum Gasteiger partial charge on any atom is -0.387 e. The van der Waals surface area contributed by atoms with Crippen LogP contribution in [0.2, 0.25) is 0 Å². The van der Waals surface area contributed by atoms with Crippen LogP contribution >= 0.6 is 23.1 Å². The summed E-state index contributed by atoms with van der Waals surface area (Å²) in [4.78, 5) is 14.2. The van der Waals surface area contributed by atoms with Crippen LogP contribution in [0.25, 0.3) is 0 Å². The molecule has 0 spiro atoms. The molecule has 3 aromatic rings. The van der Waals surface area contributed by atoms with Gasteiger partial charge in [0.2, 0.25) is 0 Å². The van der Waals surface area contributed by atoms with E-state index in [1.165, 1.54) is 17.5 Å². The second-order valence-corrected chi connectivity index (χ2v) is 6.37. The van der Waals surface area contributed by atoms with Crippen LogP contribution in [0.1, 0.15) is 27.7 Å². The van der Waals surface area contributed by atoms with Crippen LogP contribution in [-0.4, -0.2) is 31.2 Å². The molecular weight excluding hydrogens is 330 g/mol. The molecule has 2 aromatic heterocycles. The molecule has 7 heteroatoms. The molecule has 1 aromatic carbocycles. The quantitative estimate of drug-likeness (QED) is 0.746. The van der Waals surface area contributed by atoms with Gasteiger partial charge in [0.1, 0.15) is 0 Å². The van der Waals surface area contributed by atoms with Gasteiger partial charge in [0.05, 0.1) is 30.6 Å². The number of rotatable bonds is 6. The Labute approximate surface area is 142 Å². The average Bonchev–Trinajstić information content (AvgIpc) is 3.27. The highest BCUT2D eigenvalue weighted by atomic mass is 32.1. The zero-order valence-corrected chi connectivity index (χ0v) is 13.8. The lowest BCUT2D eigenvalue weighted by atomic mass is 10.1. The predicted octanol–water partition coefficient (Wildman–Crippen LogP) is 2.98. The Morgan fingerprint density at radius 3 is 2.74 bits per heavy atom. The SMILES string of the molecule is O=C(c1cnsn1)N(Cc1ccccc1)C[C@@H](O)c1ccsc1. The molecule has 0 saturated heterocycles. The van der Waals surface area contributed by atoms with Gasteiger partial charge < -0.3 is 10.0 Å². The molecule has 0 fully saturated rings. The summed E-state index contributed by atoms with van der Waals surface area (Å²) in [5.74, 6) is -0.225. The number of carbonyl (C=O) groups is 1. The number of aliphatic hydroxyl groups excluding tert-OH is 1. The minimum absolute atomic E-state index is 0.210. The van der Waals surface area contributed by atoms with E-state index in [1.54, 1.807) is 4.90 Å². The molecule has 0 unspecified atom stereocenters. The van der Waals surface area contributed by atoms with Gasteiger partial charge >= 0.3 is 0 Å². The first-order valence-corrected chi connectivity index (χ1v) is 8.72. The van der Waals surface area contributed by atoms with E-state index in [2.05, 4.69) is 8.75 Å². The number of carbonyl (C=O) groups excluding carboxylic acids is 1. The van der Waals surface area contributed by atoms with E-state index < -0.39 is 6.10 Å². The van der Waals surface area contributed by atoms with Crippen LogP contribution in [-0.2, 0) is 6.54 Å². The second-order valence-electron chi connectivity index (χ2n) is 5.04. The van der Waals surface area contributed by atoms with E-state index in [0.29, 0.717) is 12.2 Å².